The summed E-state index contributed by atoms with van der Waals surface area (Å²) in [7, 11) is 1.61. The molecule has 0 radical (unpaired) electrons. The first-order chi connectivity index (χ1) is 7.31. The Morgan fingerprint density at radius 3 is 3.13 bits per heavy atom. The molecule has 0 aliphatic carbocycles. The number of rotatable bonds is 4. The van der Waals surface area contributed by atoms with E-state index >= 15 is 0 Å². The van der Waals surface area contributed by atoms with Crippen molar-refractivity contribution in [1.29, 1.82) is 0 Å². The van der Waals surface area contributed by atoms with Gasteiger partial charge in [-0.3, -0.25) is 4.40 Å². The van der Waals surface area contributed by atoms with E-state index in [0.717, 1.165) is 0 Å². The summed E-state index contributed by atoms with van der Waals surface area (Å²) in [5.74, 6) is 0.824. The lowest BCUT2D eigenvalue weighted by atomic mass is 10.6. The maximum atomic E-state index is 5.62. The molecule has 0 atom stereocenters. The molecule has 2 aromatic heterocycles. The maximum absolute atomic E-state index is 5.62. The highest BCUT2D eigenvalue weighted by atomic mass is 16.5. The van der Waals surface area contributed by atoms with Gasteiger partial charge in [-0.15, -0.1) is 0 Å². The topological polar surface area (TPSA) is 74.7 Å². The number of anilines is 1. The molecular formula is C9H12N4O2. The summed E-state index contributed by atoms with van der Waals surface area (Å²) in [5.41, 5.74) is 6.27. The van der Waals surface area contributed by atoms with E-state index in [-0.39, 0.29) is 0 Å². The van der Waals surface area contributed by atoms with Crippen LogP contribution in [0.25, 0.3) is 5.65 Å². The van der Waals surface area contributed by atoms with Crippen molar-refractivity contribution in [1.82, 2.24) is 14.4 Å². The number of hydrogen-bond donors (Lipinski definition) is 1. The minimum atomic E-state index is 0.396. The predicted octanol–water partition coefficient (Wildman–Crippen LogP) is 0.337. The third-order valence-electron chi connectivity index (χ3n) is 1.89. The fourth-order valence-electron chi connectivity index (χ4n) is 1.24. The smallest absolute Gasteiger partial charge is 0.260 e. The van der Waals surface area contributed by atoms with Crippen molar-refractivity contribution in [2.45, 2.75) is 0 Å². The highest BCUT2D eigenvalue weighted by molar-refractivity contribution is 5.52. The van der Waals surface area contributed by atoms with Crippen LogP contribution in [0.2, 0.25) is 0 Å². The van der Waals surface area contributed by atoms with Gasteiger partial charge in [-0.1, -0.05) is 0 Å². The fourth-order valence-corrected chi connectivity index (χ4v) is 1.24. The largest absolute Gasteiger partial charge is 0.473 e. The van der Waals surface area contributed by atoms with E-state index in [1.54, 1.807) is 30.1 Å². The number of ether oxygens (including phenoxy) is 2. The zero-order valence-electron chi connectivity index (χ0n) is 8.38. The van der Waals surface area contributed by atoms with Gasteiger partial charge in [0.05, 0.1) is 12.8 Å². The number of methoxy groups -OCH3 is 1. The van der Waals surface area contributed by atoms with E-state index in [0.29, 0.717) is 30.6 Å². The van der Waals surface area contributed by atoms with Crippen molar-refractivity contribution in [3.05, 3.63) is 18.6 Å². The standard InChI is InChI=1S/C9H12N4O2/c1-14-4-5-15-9-8-11-2-3-13(8)6-7(10)12-9/h2-3,6H,4-5,10H2,1H3. The van der Waals surface area contributed by atoms with E-state index in [1.165, 1.54) is 0 Å². The molecule has 15 heavy (non-hydrogen) atoms. The van der Waals surface area contributed by atoms with Crippen molar-refractivity contribution >= 4 is 11.5 Å². The second-order valence-corrected chi connectivity index (χ2v) is 2.97. The van der Waals surface area contributed by atoms with Gasteiger partial charge in [0.1, 0.15) is 12.4 Å². The number of nitrogens with two attached hydrogens (primary N) is 1. The average molecular weight is 208 g/mol. The third kappa shape index (κ3) is 1.99. The highest BCUT2D eigenvalue weighted by Crippen LogP contribution is 2.16. The van der Waals surface area contributed by atoms with E-state index in [1.807, 2.05) is 0 Å². The van der Waals surface area contributed by atoms with Crippen molar-refractivity contribution < 1.29 is 9.47 Å². The zero-order chi connectivity index (χ0) is 10.7. The van der Waals surface area contributed by atoms with Gasteiger partial charge < -0.3 is 15.2 Å². The van der Waals surface area contributed by atoms with Gasteiger partial charge >= 0.3 is 0 Å². The molecule has 0 fully saturated rings. The molecule has 0 aromatic carbocycles. The number of fused-ring (bicyclic) bond motifs is 1. The lowest BCUT2D eigenvalue weighted by molar-refractivity contribution is 0.144. The van der Waals surface area contributed by atoms with Crippen LogP contribution in [0.5, 0.6) is 5.88 Å². The second kappa shape index (κ2) is 4.14. The maximum Gasteiger partial charge on any atom is 0.260 e. The van der Waals surface area contributed by atoms with Gasteiger partial charge in [-0.2, -0.15) is 4.98 Å². The lowest BCUT2D eigenvalue weighted by Gasteiger charge is -2.06. The molecule has 2 N–H and O–H groups in total. The molecule has 0 unspecified atom stereocenters. The molecule has 0 bridgehead atoms. The molecule has 0 saturated carbocycles. The summed E-state index contributed by atoms with van der Waals surface area (Å²) in [6, 6.07) is 0. The number of nitrogens with zero attached hydrogens (tertiary/aromatic N) is 3. The Balaban J connectivity index is 2.27. The van der Waals surface area contributed by atoms with Crippen LogP contribution in [0.4, 0.5) is 5.82 Å². The Morgan fingerprint density at radius 1 is 1.47 bits per heavy atom. The van der Waals surface area contributed by atoms with E-state index in [4.69, 9.17) is 15.2 Å². The first-order valence-electron chi connectivity index (χ1n) is 4.52. The first kappa shape index (κ1) is 9.72. The van der Waals surface area contributed by atoms with Crippen LogP contribution in [0, 0.1) is 0 Å². The molecule has 6 heteroatoms. The van der Waals surface area contributed by atoms with E-state index in [2.05, 4.69) is 9.97 Å². The van der Waals surface area contributed by atoms with Crippen LogP contribution in [-0.2, 0) is 4.74 Å². The molecule has 6 nitrogen and oxygen atoms in total. The van der Waals surface area contributed by atoms with Crippen LogP contribution in [0.1, 0.15) is 0 Å². The van der Waals surface area contributed by atoms with Crippen molar-refractivity contribution in [3.63, 3.8) is 0 Å². The second-order valence-electron chi connectivity index (χ2n) is 2.97. The summed E-state index contributed by atoms with van der Waals surface area (Å²) < 4.78 is 12.0. The number of hydrogen-bond acceptors (Lipinski definition) is 5. The molecule has 0 spiro atoms. The first-order valence-corrected chi connectivity index (χ1v) is 4.52. The number of aromatic nitrogens is 3. The third-order valence-corrected chi connectivity index (χ3v) is 1.89. The summed E-state index contributed by atoms with van der Waals surface area (Å²) in [6.45, 7) is 0.929. The van der Waals surface area contributed by atoms with Crippen LogP contribution >= 0.6 is 0 Å². The fraction of sp³-hybridized carbons (Fsp3) is 0.333. The van der Waals surface area contributed by atoms with Crippen molar-refractivity contribution in [2.75, 3.05) is 26.1 Å². The monoisotopic (exact) mass is 208 g/mol. The van der Waals surface area contributed by atoms with E-state index < -0.39 is 0 Å². The average Bonchev–Trinajstić information content (AvgIpc) is 2.65. The Labute approximate surface area is 86.7 Å². The molecule has 0 saturated heterocycles. The molecule has 2 aromatic rings. The minimum Gasteiger partial charge on any atom is -0.473 e. The predicted molar refractivity (Wildman–Crippen MR) is 54.8 cm³/mol. The van der Waals surface area contributed by atoms with Crippen LogP contribution in [0.3, 0.4) is 0 Å². The van der Waals surface area contributed by atoms with Gasteiger partial charge in [-0.25, -0.2) is 4.98 Å². The molecule has 0 aliphatic heterocycles. The highest BCUT2D eigenvalue weighted by Gasteiger charge is 2.06. The van der Waals surface area contributed by atoms with Crippen LogP contribution in [-0.4, -0.2) is 34.7 Å². The summed E-state index contributed by atoms with van der Waals surface area (Å²) in [4.78, 5) is 8.18. The number of imidazole rings is 1. The molecule has 80 valence electrons. The lowest BCUT2D eigenvalue weighted by Crippen LogP contribution is -2.07. The number of nitrogen functional groups attached to an aromatic ring is 1. The molecule has 2 rings (SSSR count). The Kier molecular flexibility index (Phi) is 2.68. The summed E-state index contributed by atoms with van der Waals surface area (Å²) in [5, 5.41) is 0. The van der Waals surface area contributed by atoms with Gasteiger partial charge in [-0.05, 0) is 0 Å². The Morgan fingerprint density at radius 2 is 2.33 bits per heavy atom. The molecule has 2 heterocycles. The molecular weight excluding hydrogens is 196 g/mol. The minimum absolute atomic E-state index is 0.396. The van der Waals surface area contributed by atoms with Crippen LogP contribution < -0.4 is 10.5 Å². The summed E-state index contributed by atoms with van der Waals surface area (Å²) in [6.07, 6.45) is 5.14. The normalized spacial score (nSPS) is 10.7. The molecule has 0 aliphatic rings. The van der Waals surface area contributed by atoms with Gasteiger partial charge in [0.15, 0.2) is 0 Å². The quantitative estimate of drug-likeness (QED) is 0.733. The Bertz CT molecular complexity index is 454. The van der Waals surface area contributed by atoms with Gasteiger partial charge in [0, 0.05) is 19.5 Å². The van der Waals surface area contributed by atoms with Crippen molar-refractivity contribution in [3.8, 4) is 5.88 Å². The van der Waals surface area contributed by atoms with Crippen LogP contribution in [0.15, 0.2) is 18.6 Å². The zero-order valence-corrected chi connectivity index (χ0v) is 8.38. The molecule has 0 amide bonds. The van der Waals surface area contributed by atoms with Gasteiger partial charge in [0.25, 0.3) is 5.88 Å². The SMILES string of the molecule is COCCOc1nc(N)cn2ccnc12. The van der Waals surface area contributed by atoms with Gasteiger partial charge in [0.2, 0.25) is 5.65 Å². The Hall–Kier alpha value is -1.82. The summed E-state index contributed by atoms with van der Waals surface area (Å²) >= 11 is 0. The van der Waals surface area contributed by atoms with Crippen molar-refractivity contribution in [2.24, 2.45) is 0 Å². The van der Waals surface area contributed by atoms with E-state index in [9.17, 15) is 0 Å².